The number of aliphatic hydroxyl groups is 1. The third-order valence-electron chi connectivity index (χ3n) is 6.45. The Balaban J connectivity index is 1.32. The Hall–Kier alpha value is -1.04. The fraction of sp³-hybridized carbons (Fsp3) is 0.810. The first-order valence-corrected chi connectivity index (χ1v) is 10.7. The number of hydrogen-bond donors (Lipinski definition) is 1. The Kier molecular flexibility index (Phi) is 5.87. The van der Waals surface area contributed by atoms with E-state index in [2.05, 4.69) is 19.8 Å². The minimum Gasteiger partial charge on any atom is -0.387 e. The van der Waals surface area contributed by atoms with Crippen molar-refractivity contribution in [1.82, 2.24) is 19.8 Å². The summed E-state index contributed by atoms with van der Waals surface area (Å²) in [5, 5.41) is 11.1. The third kappa shape index (κ3) is 4.62. The normalized spacial score (nSPS) is 29.3. The molecular formula is C21H34N4O. The second-order valence-electron chi connectivity index (χ2n) is 8.81. The summed E-state index contributed by atoms with van der Waals surface area (Å²) in [5.74, 6) is 1.61. The fourth-order valence-corrected chi connectivity index (χ4v) is 5.10. The van der Waals surface area contributed by atoms with Crippen LogP contribution in [0, 0.1) is 0 Å². The molecule has 26 heavy (non-hydrogen) atoms. The molecule has 1 aliphatic carbocycles. The van der Waals surface area contributed by atoms with Crippen LogP contribution in [0.4, 0.5) is 0 Å². The smallest absolute Gasteiger partial charge is 0.131 e. The van der Waals surface area contributed by atoms with E-state index in [1.54, 1.807) is 0 Å². The van der Waals surface area contributed by atoms with Gasteiger partial charge in [0.25, 0.3) is 0 Å². The summed E-state index contributed by atoms with van der Waals surface area (Å²) in [6.45, 7) is 5.83. The van der Waals surface area contributed by atoms with Crippen LogP contribution in [0.25, 0.3) is 0 Å². The average molecular weight is 359 g/mol. The van der Waals surface area contributed by atoms with Crippen LogP contribution in [0.3, 0.4) is 0 Å². The standard InChI is InChI=1S/C21H34N4O/c26-21(16-24-10-4-5-11-24)9-6-12-25(17-21)15-18-13-22-20(23-14-18)19-7-2-1-3-8-19/h13-14,19,26H,1-12,15-17H2/t21-/m0/s1. The Labute approximate surface area is 157 Å². The van der Waals surface area contributed by atoms with Crippen molar-refractivity contribution >= 4 is 0 Å². The van der Waals surface area contributed by atoms with E-state index in [4.69, 9.17) is 0 Å². The summed E-state index contributed by atoms with van der Waals surface area (Å²) in [4.78, 5) is 14.2. The minimum absolute atomic E-state index is 0.550. The molecular weight excluding hydrogens is 324 g/mol. The van der Waals surface area contributed by atoms with Crippen molar-refractivity contribution < 1.29 is 5.11 Å². The quantitative estimate of drug-likeness (QED) is 0.877. The van der Waals surface area contributed by atoms with E-state index < -0.39 is 5.60 Å². The Morgan fingerprint density at radius 1 is 0.923 bits per heavy atom. The molecule has 1 saturated carbocycles. The number of rotatable bonds is 5. The maximum absolute atomic E-state index is 11.1. The van der Waals surface area contributed by atoms with E-state index in [1.165, 1.54) is 50.5 Å². The topological polar surface area (TPSA) is 52.5 Å². The van der Waals surface area contributed by atoms with Crippen LogP contribution in [0.15, 0.2) is 12.4 Å². The molecule has 0 amide bonds. The van der Waals surface area contributed by atoms with Gasteiger partial charge >= 0.3 is 0 Å². The number of hydrogen-bond acceptors (Lipinski definition) is 5. The monoisotopic (exact) mass is 358 g/mol. The number of nitrogens with zero attached hydrogens (tertiary/aromatic N) is 4. The van der Waals surface area contributed by atoms with Crippen molar-refractivity contribution in [2.45, 2.75) is 75.9 Å². The lowest BCUT2D eigenvalue weighted by molar-refractivity contribution is -0.0519. The second kappa shape index (κ2) is 8.32. The first-order chi connectivity index (χ1) is 12.7. The molecule has 0 unspecified atom stereocenters. The van der Waals surface area contributed by atoms with Gasteiger partial charge in [0, 0.05) is 43.5 Å². The van der Waals surface area contributed by atoms with Gasteiger partial charge in [-0.1, -0.05) is 19.3 Å². The predicted octanol–water partition coefficient (Wildman–Crippen LogP) is 2.95. The van der Waals surface area contributed by atoms with Crippen LogP contribution in [0.1, 0.15) is 75.1 Å². The van der Waals surface area contributed by atoms with Crippen LogP contribution in [-0.2, 0) is 6.54 Å². The fourth-order valence-electron chi connectivity index (χ4n) is 5.10. The van der Waals surface area contributed by atoms with Gasteiger partial charge in [0.05, 0.1) is 5.60 Å². The van der Waals surface area contributed by atoms with Gasteiger partial charge in [0.1, 0.15) is 5.82 Å². The van der Waals surface area contributed by atoms with Crippen LogP contribution in [0.5, 0.6) is 0 Å². The highest BCUT2D eigenvalue weighted by Gasteiger charge is 2.35. The summed E-state index contributed by atoms with van der Waals surface area (Å²) in [6, 6.07) is 0. The van der Waals surface area contributed by atoms with E-state index >= 15 is 0 Å². The number of piperidine rings is 1. The highest BCUT2D eigenvalue weighted by Crippen LogP contribution is 2.30. The zero-order valence-corrected chi connectivity index (χ0v) is 16.1. The molecule has 0 aromatic carbocycles. The second-order valence-corrected chi connectivity index (χ2v) is 8.81. The lowest BCUT2D eigenvalue weighted by Gasteiger charge is -2.41. The molecule has 4 rings (SSSR count). The molecule has 3 fully saturated rings. The molecule has 1 aromatic heterocycles. The molecule has 0 radical (unpaired) electrons. The average Bonchev–Trinajstić information content (AvgIpc) is 3.15. The van der Waals surface area contributed by atoms with Crippen molar-refractivity contribution in [3.8, 4) is 0 Å². The summed E-state index contributed by atoms with van der Waals surface area (Å²) >= 11 is 0. The van der Waals surface area contributed by atoms with Crippen molar-refractivity contribution in [2.75, 3.05) is 32.7 Å². The minimum atomic E-state index is -0.550. The largest absolute Gasteiger partial charge is 0.387 e. The number of β-amino-alcohol motifs (C(OH)–C–C–N with tert-alkyl or cyclic N) is 1. The van der Waals surface area contributed by atoms with Gasteiger partial charge in [0.2, 0.25) is 0 Å². The third-order valence-corrected chi connectivity index (χ3v) is 6.45. The summed E-state index contributed by atoms with van der Waals surface area (Å²) < 4.78 is 0. The molecule has 5 nitrogen and oxygen atoms in total. The molecule has 2 aliphatic heterocycles. The highest BCUT2D eigenvalue weighted by molar-refractivity contribution is 5.08. The molecule has 1 aromatic rings. The highest BCUT2D eigenvalue weighted by atomic mass is 16.3. The van der Waals surface area contributed by atoms with Crippen LogP contribution in [0.2, 0.25) is 0 Å². The lowest BCUT2D eigenvalue weighted by Crippen LogP contribution is -2.53. The van der Waals surface area contributed by atoms with E-state index in [9.17, 15) is 5.11 Å². The van der Waals surface area contributed by atoms with E-state index in [0.717, 1.165) is 57.9 Å². The van der Waals surface area contributed by atoms with Gasteiger partial charge in [-0.3, -0.25) is 4.90 Å². The predicted molar refractivity (Wildman–Crippen MR) is 103 cm³/mol. The van der Waals surface area contributed by atoms with Gasteiger partial charge in [-0.2, -0.15) is 0 Å². The molecule has 3 heterocycles. The Morgan fingerprint density at radius 2 is 1.62 bits per heavy atom. The van der Waals surface area contributed by atoms with Crippen LogP contribution in [-0.4, -0.2) is 63.2 Å². The number of aromatic nitrogens is 2. The van der Waals surface area contributed by atoms with E-state index in [0.29, 0.717) is 5.92 Å². The first-order valence-electron chi connectivity index (χ1n) is 10.7. The van der Waals surface area contributed by atoms with E-state index in [1.807, 2.05) is 12.4 Å². The van der Waals surface area contributed by atoms with Gasteiger partial charge in [-0.15, -0.1) is 0 Å². The Morgan fingerprint density at radius 3 is 2.35 bits per heavy atom. The van der Waals surface area contributed by atoms with Gasteiger partial charge < -0.3 is 10.0 Å². The van der Waals surface area contributed by atoms with Crippen molar-refractivity contribution in [2.24, 2.45) is 0 Å². The van der Waals surface area contributed by atoms with Crippen molar-refractivity contribution in [3.05, 3.63) is 23.8 Å². The maximum Gasteiger partial charge on any atom is 0.131 e. The molecule has 3 aliphatic rings. The molecule has 144 valence electrons. The maximum atomic E-state index is 11.1. The molecule has 0 bridgehead atoms. The molecule has 5 heteroatoms. The zero-order chi connectivity index (χ0) is 17.8. The number of likely N-dealkylation sites (tertiary alicyclic amines) is 2. The van der Waals surface area contributed by atoms with Crippen LogP contribution >= 0.6 is 0 Å². The summed E-state index contributed by atoms with van der Waals surface area (Å²) in [6.07, 6.45) is 15.1. The summed E-state index contributed by atoms with van der Waals surface area (Å²) in [5.41, 5.74) is 0.626. The molecule has 0 spiro atoms. The molecule has 1 N–H and O–H groups in total. The SMILES string of the molecule is O[C@]1(CN2CCCC2)CCCN(Cc2cnc(C3CCCCC3)nc2)C1. The van der Waals surface area contributed by atoms with E-state index in [-0.39, 0.29) is 0 Å². The van der Waals surface area contributed by atoms with Crippen molar-refractivity contribution in [1.29, 1.82) is 0 Å². The van der Waals surface area contributed by atoms with Gasteiger partial charge in [-0.25, -0.2) is 9.97 Å². The van der Waals surface area contributed by atoms with Crippen molar-refractivity contribution in [3.63, 3.8) is 0 Å². The van der Waals surface area contributed by atoms with Crippen LogP contribution < -0.4 is 0 Å². The first kappa shape index (κ1) is 18.3. The zero-order valence-electron chi connectivity index (χ0n) is 16.1. The lowest BCUT2D eigenvalue weighted by atomic mass is 9.89. The molecule has 1 atom stereocenters. The molecule has 2 saturated heterocycles. The van der Waals surface area contributed by atoms with Gasteiger partial charge in [0.15, 0.2) is 0 Å². The van der Waals surface area contributed by atoms with Gasteiger partial charge in [-0.05, 0) is 58.2 Å². The Bertz CT molecular complexity index is 566. The summed E-state index contributed by atoms with van der Waals surface area (Å²) in [7, 11) is 0.